The van der Waals surface area contributed by atoms with Crippen LogP contribution in [0.2, 0.25) is 0 Å². The molecule has 3 rings (SSSR count). The van der Waals surface area contributed by atoms with Crippen molar-refractivity contribution < 1.29 is 8.42 Å². The van der Waals surface area contributed by atoms with E-state index in [0.717, 1.165) is 11.3 Å². The van der Waals surface area contributed by atoms with Crippen LogP contribution in [0.3, 0.4) is 0 Å². The topological polar surface area (TPSA) is 87.8 Å². The molecule has 1 atom stereocenters. The molecule has 0 saturated carbocycles. The fourth-order valence-corrected chi connectivity index (χ4v) is 3.89. The first kappa shape index (κ1) is 16.9. The highest BCUT2D eigenvalue weighted by atomic mass is 32.2. The summed E-state index contributed by atoms with van der Waals surface area (Å²) < 4.78 is 29.6. The van der Waals surface area contributed by atoms with E-state index in [4.69, 9.17) is 5.26 Å². The molecule has 0 aliphatic heterocycles. The van der Waals surface area contributed by atoms with Gasteiger partial charge in [0.25, 0.3) is 0 Å². The molecule has 1 heterocycles. The molecule has 7 heteroatoms. The lowest BCUT2D eigenvalue weighted by Gasteiger charge is -2.16. The molecule has 0 fully saturated rings. The number of hydrogen-bond donors (Lipinski definition) is 1. The van der Waals surface area contributed by atoms with Crippen LogP contribution >= 0.6 is 0 Å². The molecule has 1 unspecified atom stereocenters. The first-order chi connectivity index (χ1) is 12.0. The molecule has 3 aromatic rings. The number of imidazole rings is 1. The van der Waals surface area contributed by atoms with E-state index in [9.17, 15) is 8.42 Å². The first-order valence-corrected chi connectivity index (χ1v) is 9.09. The summed E-state index contributed by atoms with van der Waals surface area (Å²) in [7, 11) is -3.79. The van der Waals surface area contributed by atoms with Crippen LogP contribution < -0.4 is 4.72 Å². The van der Waals surface area contributed by atoms with Crippen LogP contribution in [-0.4, -0.2) is 18.0 Å². The van der Waals surface area contributed by atoms with Gasteiger partial charge < -0.3 is 4.57 Å². The van der Waals surface area contributed by atoms with Crippen LogP contribution in [0.5, 0.6) is 0 Å². The lowest BCUT2D eigenvalue weighted by molar-refractivity contribution is 0.566. The van der Waals surface area contributed by atoms with Gasteiger partial charge in [0.05, 0.1) is 16.8 Å². The Hall–Kier alpha value is -2.95. The minimum Gasteiger partial charge on any atom is -0.306 e. The zero-order valence-corrected chi connectivity index (χ0v) is 14.3. The predicted octanol–water partition coefficient (Wildman–Crippen LogP) is 2.78. The van der Waals surface area contributed by atoms with Crippen molar-refractivity contribution in [2.75, 3.05) is 0 Å². The lowest BCUT2D eigenvalue weighted by Crippen LogP contribution is -2.27. The Morgan fingerprint density at radius 2 is 1.88 bits per heavy atom. The van der Waals surface area contributed by atoms with Gasteiger partial charge >= 0.3 is 0 Å². The van der Waals surface area contributed by atoms with Crippen molar-refractivity contribution in [1.29, 1.82) is 5.26 Å². The Morgan fingerprint density at radius 3 is 2.52 bits per heavy atom. The summed E-state index contributed by atoms with van der Waals surface area (Å²) in [5, 5.41) is 9.10. The van der Waals surface area contributed by atoms with Gasteiger partial charge in [-0.05, 0) is 36.8 Å². The first-order valence-electron chi connectivity index (χ1n) is 7.61. The Labute approximate surface area is 146 Å². The smallest absolute Gasteiger partial charge is 0.242 e. The van der Waals surface area contributed by atoms with Gasteiger partial charge in [-0.15, -0.1) is 0 Å². The Bertz CT molecular complexity index is 1000. The van der Waals surface area contributed by atoms with E-state index < -0.39 is 16.1 Å². The highest BCUT2D eigenvalue weighted by molar-refractivity contribution is 7.89. The van der Waals surface area contributed by atoms with Gasteiger partial charge in [-0.2, -0.15) is 5.26 Å². The molecule has 0 spiro atoms. The minimum atomic E-state index is -3.79. The van der Waals surface area contributed by atoms with E-state index >= 15 is 0 Å². The molecule has 0 bridgehead atoms. The van der Waals surface area contributed by atoms with Gasteiger partial charge in [0, 0.05) is 24.1 Å². The van der Waals surface area contributed by atoms with Gasteiger partial charge in [-0.1, -0.05) is 24.3 Å². The van der Waals surface area contributed by atoms with Crippen molar-refractivity contribution in [3.05, 3.63) is 78.4 Å². The molecule has 0 aliphatic rings. The van der Waals surface area contributed by atoms with E-state index in [1.165, 1.54) is 12.1 Å². The molecule has 126 valence electrons. The number of rotatable bonds is 5. The monoisotopic (exact) mass is 352 g/mol. The molecule has 0 aliphatic carbocycles. The Morgan fingerprint density at radius 1 is 1.16 bits per heavy atom. The third kappa shape index (κ3) is 3.60. The van der Waals surface area contributed by atoms with Crippen molar-refractivity contribution in [2.45, 2.75) is 17.9 Å². The van der Waals surface area contributed by atoms with Crippen LogP contribution in [0.4, 0.5) is 0 Å². The lowest BCUT2D eigenvalue weighted by atomic mass is 10.1. The number of nitrogens with one attached hydrogen (secondary N) is 1. The van der Waals surface area contributed by atoms with Gasteiger partial charge in [0.15, 0.2) is 0 Å². The van der Waals surface area contributed by atoms with Crippen molar-refractivity contribution >= 4 is 10.0 Å². The van der Waals surface area contributed by atoms with Crippen LogP contribution in [0.1, 0.15) is 24.1 Å². The number of hydrogen-bond acceptors (Lipinski definition) is 4. The number of sulfonamides is 1. The van der Waals surface area contributed by atoms with Gasteiger partial charge in [0.1, 0.15) is 6.07 Å². The summed E-state index contributed by atoms with van der Waals surface area (Å²) in [5.74, 6) is 0. The Balaban J connectivity index is 1.82. The van der Waals surface area contributed by atoms with Gasteiger partial charge in [-0.25, -0.2) is 18.1 Å². The maximum atomic E-state index is 12.6. The molecular weight excluding hydrogens is 336 g/mol. The fourth-order valence-electron chi connectivity index (χ4n) is 2.50. The average molecular weight is 352 g/mol. The molecule has 0 amide bonds. The molecule has 25 heavy (non-hydrogen) atoms. The molecule has 2 aromatic carbocycles. The highest BCUT2D eigenvalue weighted by Gasteiger charge is 2.21. The maximum absolute atomic E-state index is 12.6. The van der Waals surface area contributed by atoms with Gasteiger partial charge in [-0.3, -0.25) is 0 Å². The average Bonchev–Trinajstić information content (AvgIpc) is 3.16. The third-order valence-electron chi connectivity index (χ3n) is 3.82. The van der Waals surface area contributed by atoms with E-state index in [-0.39, 0.29) is 10.5 Å². The number of benzene rings is 2. The molecule has 0 saturated heterocycles. The summed E-state index contributed by atoms with van der Waals surface area (Å²) in [6.07, 6.45) is 5.22. The van der Waals surface area contributed by atoms with Crippen molar-refractivity contribution in [2.24, 2.45) is 0 Å². The molecular formula is C18H16N4O2S. The number of nitrogens with zero attached hydrogens (tertiary/aromatic N) is 3. The molecule has 6 nitrogen and oxygen atoms in total. The van der Waals surface area contributed by atoms with Gasteiger partial charge in [0.2, 0.25) is 10.0 Å². The molecule has 1 aromatic heterocycles. The van der Waals surface area contributed by atoms with Crippen LogP contribution in [0, 0.1) is 11.3 Å². The fraction of sp³-hybridized carbons (Fsp3) is 0.111. The second-order valence-electron chi connectivity index (χ2n) is 5.51. The SMILES string of the molecule is CC(NS(=O)(=O)c1ccccc1C#N)c1ccc(-n2ccnc2)cc1. The Kier molecular flexibility index (Phi) is 4.65. The normalized spacial score (nSPS) is 12.5. The number of aromatic nitrogens is 2. The third-order valence-corrected chi connectivity index (χ3v) is 5.42. The van der Waals surface area contributed by atoms with Crippen LogP contribution in [0.15, 0.2) is 72.1 Å². The zero-order valence-electron chi connectivity index (χ0n) is 13.5. The molecule has 0 radical (unpaired) electrons. The quantitative estimate of drug-likeness (QED) is 0.765. The second kappa shape index (κ2) is 6.89. The minimum absolute atomic E-state index is 0.0145. The predicted molar refractivity (Wildman–Crippen MR) is 93.5 cm³/mol. The molecule has 1 N–H and O–H groups in total. The number of nitriles is 1. The largest absolute Gasteiger partial charge is 0.306 e. The van der Waals surface area contributed by atoms with E-state index in [2.05, 4.69) is 9.71 Å². The van der Waals surface area contributed by atoms with E-state index in [1.807, 2.05) is 41.1 Å². The van der Waals surface area contributed by atoms with Crippen molar-refractivity contribution in [3.8, 4) is 11.8 Å². The van der Waals surface area contributed by atoms with E-state index in [1.54, 1.807) is 31.6 Å². The standard InChI is InChI=1S/C18H16N4O2S/c1-14(15-6-8-17(9-7-15)22-11-10-20-13-22)21-25(23,24)18-5-3-2-4-16(18)12-19/h2-11,13-14,21H,1H3. The summed E-state index contributed by atoms with van der Waals surface area (Å²) in [6.45, 7) is 1.76. The summed E-state index contributed by atoms with van der Waals surface area (Å²) >= 11 is 0. The summed E-state index contributed by atoms with van der Waals surface area (Å²) in [6, 6.07) is 15.1. The van der Waals surface area contributed by atoms with E-state index in [0.29, 0.717) is 0 Å². The highest BCUT2D eigenvalue weighted by Crippen LogP contribution is 2.20. The maximum Gasteiger partial charge on any atom is 0.242 e. The van der Waals surface area contributed by atoms with Crippen molar-refractivity contribution in [1.82, 2.24) is 14.3 Å². The second-order valence-corrected chi connectivity index (χ2v) is 7.19. The van der Waals surface area contributed by atoms with Crippen molar-refractivity contribution in [3.63, 3.8) is 0 Å². The van der Waals surface area contributed by atoms with Crippen LogP contribution in [-0.2, 0) is 10.0 Å². The summed E-state index contributed by atoms with van der Waals surface area (Å²) in [5.41, 5.74) is 1.88. The zero-order chi connectivity index (χ0) is 17.9. The summed E-state index contributed by atoms with van der Waals surface area (Å²) in [4.78, 5) is 3.98. The van der Waals surface area contributed by atoms with Crippen LogP contribution in [0.25, 0.3) is 5.69 Å².